The molecule has 0 fully saturated rings. The van der Waals surface area contributed by atoms with Crippen molar-refractivity contribution in [3.8, 4) is 17.2 Å². The zero-order valence-electron chi connectivity index (χ0n) is 21.9. The van der Waals surface area contributed by atoms with Gasteiger partial charge in [-0.2, -0.15) is 0 Å². The molecular weight excluding hydrogens is 462 g/mol. The van der Waals surface area contributed by atoms with Crippen LogP contribution in [-0.4, -0.2) is 11.7 Å². The third kappa shape index (κ3) is 6.94. The van der Waals surface area contributed by atoms with Crippen molar-refractivity contribution in [2.75, 3.05) is 7.11 Å². The number of nitrogens with zero attached hydrogens (tertiary/aromatic N) is 1. The van der Waals surface area contributed by atoms with Crippen molar-refractivity contribution < 1.29 is 14.2 Å². The first-order valence-electron chi connectivity index (χ1n) is 13.3. The Morgan fingerprint density at radius 2 is 1.30 bits per heavy atom. The highest BCUT2D eigenvalue weighted by Gasteiger charge is 2.21. The summed E-state index contributed by atoms with van der Waals surface area (Å²) < 4.78 is 19.9. The fraction of sp³-hybridized carbons (Fsp3) is 0.344. The molecule has 0 spiro atoms. The minimum absolute atomic E-state index is 0.173. The average molecular weight is 500 g/mol. The number of ether oxygens (including phenoxy) is 3. The lowest BCUT2D eigenvalue weighted by Crippen LogP contribution is -2.24. The lowest BCUT2D eigenvalue weighted by atomic mass is 10.1. The van der Waals surface area contributed by atoms with Gasteiger partial charge in [-0.1, -0.05) is 99.7 Å². The van der Waals surface area contributed by atoms with Crippen molar-refractivity contribution in [3.63, 3.8) is 0 Å². The number of hydrogen-bond acceptors (Lipinski definition) is 4. The Balaban J connectivity index is 1.72. The van der Waals surface area contributed by atoms with E-state index in [1.165, 1.54) is 25.7 Å². The summed E-state index contributed by atoms with van der Waals surface area (Å²) >= 11 is 0. The van der Waals surface area contributed by atoms with E-state index in [0.717, 1.165) is 34.9 Å². The fourth-order valence-corrected chi connectivity index (χ4v) is 4.51. The molecule has 194 valence electrons. The van der Waals surface area contributed by atoms with Gasteiger partial charge in [-0.25, -0.2) is 0 Å². The van der Waals surface area contributed by atoms with Crippen LogP contribution in [0.2, 0.25) is 0 Å². The van der Waals surface area contributed by atoms with Crippen LogP contribution in [0.3, 0.4) is 0 Å². The number of unbranched alkanes of at least 4 members (excludes halogenated alkanes) is 5. The minimum atomic E-state index is -0.173. The molecule has 4 aromatic rings. The Morgan fingerprint density at radius 1 is 0.703 bits per heavy atom. The highest BCUT2D eigenvalue weighted by atomic mass is 16.5. The lowest BCUT2D eigenvalue weighted by molar-refractivity contribution is 0.253. The number of fused-ring (bicyclic) bond motifs is 1. The molecule has 0 saturated heterocycles. The second-order valence-electron chi connectivity index (χ2n) is 9.31. The molecule has 0 amide bonds. The van der Waals surface area contributed by atoms with Crippen molar-refractivity contribution in [1.29, 1.82) is 0 Å². The van der Waals surface area contributed by atoms with Crippen LogP contribution in [0, 0.1) is 0 Å². The molecule has 0 saturated carbocycles. The summed E-state index contributed by atoms with van der Waals surface area (Å²) in [5.41, 5.74) is 2.64. The van der Waals surface area contributed by atoms with E-state index in [2.05, 4.69) is 6.92 Å². The molecule has 0 atom stereocenters. The van der Waals surface area contributed by atoms with Crippen LogP contribution >= 0.6 is 0 Å². The van der Waals surface area contributed by atoms with Gasteiger partial charge in [0, 0.05) is 18.0 Å². The van der Waals surface area contributed by atoms with E-state index < -0.39 is 0 Å². The third-order valence-corrected chi connectivity index (χ3v) is 6.57. The van der Waals surface area contributed by atoms with Gasteiger partial charge in [0.1, 0.15) is 19.0 Å². The number of aromatic nitrogens is 1. The van der Waals surface area contributed by atoms with Crippen molar-refractivity contribution in [2.24, 2.45) is 0 Å². The van der Waals surface area contributed by atoms with Gasteiger partial charge in [-0.15, -0.1) is 0 Å². The quantitative estimate of drug-likeness (QED) is 0.168. The standard InChI is InChI=1S/C32H37NO4/c1-3-4-5-6-7-14-21-33-29-22-27(35-2)19-20-28(29)30(36-23-25-15-10-8-11-16-25)31(32(33)34)37-24-26-17-12-9-13-18-26/h8-13,15-20,22H,3-7,14,21,23-24H2,1-2H3. The minimum Gasteiger partial charge on any atom is -0.497 e. The summed E-state index contributed by atoms with van der Waals surface area (Å²) in [5, 5.41) is 0.838. The molecule has 0 aliphatic rings. The molecule has 0 unspecified atom stereocenters. The van der Waals surface area contributed by atoms with Crippen molar-refractivity contribution >= 4 is 10.9 Å². The smallest absolute Gasteiger partial charge is 0.297 e. The van der Waals surface area contributed by atoms with Gasteiger partial charge in [0.05, 0.1) is 12.6 Å². The van der Waals surface area contributed by atoms with E-state index in [0.29, 0.717) is 24.7 Å². The topological polar surface area (TPSA) is 49.7 Å². The molecule has 5 nitrogen and oxygen atoms in total. The predicted molar refractivity (Wildman–Crippen MR) is 150 cm³/mol. The van der Waals surface area contributed by atoms with Gasteiger partial charge in [-0.3, -0.25) is 4.79 Å². The first-order chi connectivity index (χ1) is 18.2. The van der Waals surface area contributed by atoms with Gasteiger partial charge in [0.2, 0.25) is 5.75 Å². The van der Waals surface area contributed by atoms with Gasteiger partial charge < -0.3 is 18.8 Å². The van der Waals surface area contributed by atoms with E-state index in [9.17, 15) is 4.79 Å². The molecule has 0 aliphatic heterocycles. The van der Waals surface area contributed by atoms with E-state index in [1.54, 1.807) is 7.11 Å². The fourth-order valence-electron chi connectivity index (χ4n) is 4.51. The molecule has 1 aromatic heterocycles. The first-order valence-corrected chi connectivity index (χ1v) is 13.3. The first kappa shape index (κ1) is 26.3. The van der Waals surface area contributed by atoms with E-state index in [1.807, 2.05) is 83.4 Å². The zero-order chi connectivity index (χ0) is 25.9. The molecule has 5 heteroatoms. The molecule has 37 heavy (non-hydrogen) atoms. The largest absolute Gasteiger partial charge is 0.497 e. The van der Waals surface area contributed by atoms with E-state index in [-0.39, 0.29) is 17.9 Å². The summed E-state index contributed by atoms with van der Waals surface area (Å²) in [6.07, 6.45) is 6.90. The van der Waals surface area contributed by atoms with Crippen LogP contribution in [-0.2, 0) is 19.8 Å². The van der Waals surface area contributed by atoms with Crippen molar-refractivity contribution in [3.05, 3.63) is 100 Å². The zero-order valence-corrected chi connectivity index (χ0v) is 21.9. The maximum atomic E-state index is 13.9. The van der Waals surface area contributed by atoms with Crippen LogP contribution in [0.4, 0.5) is 0 Å². The van der Waals surface area contributed by atoms with Crippen molar-refractivity contribution in [1.82, 2.24) is 4.57 Å². The monoisotopic (exact) mass is 499 g/mol. The summed E-state index contributed by atoms with van der Waals surface area (Å²) in [7, 11) is 1.64. The highest BCUT2D eigenvalue weighted by Crippen LogP contribution is 2.36. The van der Waals surface area contributed by atoms with E-state index in [4.69, 9.17) is 14.2 Å². The number of pyridine rings is 1. The van der Waals surface area contributed by atoms with Gasteiger partial charge in [-0.05, 0) is 29.7 Å². The molecule has 0 N–H and O–H groups in total. The maximum Gasteiger partial charge on any atom is 0.297 e. The molecule has 0 radical (unpaired) electrons. The Morgan fingerprint density at radius 3 is 1.92 bits per heavy atom. The van der Waals surface area contributed by atoms with Gasteiger partial charge in [0.15, 0.2) is 5.75 Å². The molecule has 0 bridgehead atoms. The number of rotatable bonds is 14. The van der Waals surface area contributed by atoms with Crippen LogP contribution in [0.15, 0.2) is 83.7 Å². The Labute approximate surface area is 219 Å². The molecule has 4 rings (SSSR count). The molecule has 3 aromatic carbocycles. The second kappa shape index (κ2) is 13.5. The lowest BCUT2D eigenvalue weighted by Gasteiger charge is -2.19. The Kier molecular flexibility index (Phi) is 9.64. The van der Waals surface area contributed by atoms with Gasteiger partial charge >= 0.3 is 0 Å². The van der Waals surface area contributed by atoms with Crippen LogP contribution in [0.5, 0.6) is 17.2 Å². The third-order valence-electron chi connectivity index (χ3n) is 6.57. The second-order valence-corrected chi connectivity index (χ2v) is 9.31. The molecule has 1 heterocycles. The number of hydrogen-bond donors (Lipinski definition) is 0. The average Bonchev–Trinajstić information content (AvgIpc) is 2.95. The van der Waals surface area contributed by atoms with Crippen LogP contribution < -0.4 is 19.8 Å². The van der Waals surface area contributed by atoms with Gasteiger partial charge in [0.25, 0.3) is 5.56 Å². The number of benzene rings is 3. The SMILES string of the molecule is CCCCCCCCn1c(=O)c(OCc2ccccc2)c(OCc2ccccc2)c2ccc(OC)cc21. The van der Waals surface area contributed by atoms with Crippen LogP contribution in [0.25, 0.3) is 10.9 Å². The maximum absolute atomic E-state index is 13.9. The van der Waals surface area contributed by atoms with Crippen molar-refractivity contribution in [2.45, 2.75) is 65.2 Å². The number of aryl methyl sites for hydroxylation is 1. The number of methoxy groups -OCH3 is 1. The molecular formula is C32H37NO4. The van der Waals surface area contributed by atoms with E-state index >= 15 is 0 Å². The summed E-state index contributed by atoms with van der Waals surface area (Å²) in [5.74, 6) is 1.43. The summed E-state index contributed by atoms with van der Waals surface area (Å²) in [4.78, 5) is 13.9. The summed E-state index contributed by atoms with van der Waals surface area (Å²) in [6, 6.07) is 25.6. The Hall–Kier alpha value is -3.73. The Bertz CT molecular complexity index is 1320. The van der Waals surface area contributed by atoms with Crippen LogP contribution in [0.1, 0.15) is 56.6 Å². The summed E-state index contributed by atoms with van der Waals surface area (Å²) in [6.45, 7) is 3.47. The highest BCUT2D eigenvalue weighted by molar-refractivity contribution is 5.89. The normalized spacial score (nSPS) is 11.0. The predicted octanol–water partition coefficient (Wildman–Crippen LogP) is 7.53. The molecule has 0 aliphatic carbocycles.